The lowest BCUT2D eigenvalue weighted by molar-refractivity contribution is -0.165. The number of nitrogens with one attached hydrogen (secondary N) is 1. The van der Waals surface area contributed by atoms with Crippen LogP contribution >= 0.6 is 0 Å². The summed E-state index contributed by atoms with van der Waals surface area (Å²) in [5, 5.41) is 2.70. The van der Waals surface area contributed by atoms with Crippen LogP contribution in [0.2, 0.25) is 0 Å². The minimum Gasteiger partial charge on any atom is -0.366 e. The standard InChI is InChI=1S/C29H32F5N3O3/c30-22-12-17(11-21(14-22)29(32,33)34)15-36-27(39)28(20-2-3-20)8-5-23(16-40-28)37-9-6-18(7-10-37)19-1-4-25(31)24(13-19)26(35)38/h1,4,11-14,18,20,23H,2-3,5-10,15-16H2,(H2,35,38)(H,36,39)/t23?,28-/m0/s1. The fourth-order valence-electron chi connectivity index (χ4n) is 6.14. The molecule has 1 unspecified atom stereocenters. The van der Waals surface area contributed by atoms with Crippen molar-refractivity contribution in [2.75, 3.05) is 19.7 Å². The number of alkyl halides is 3. The molecule has 0 bridgehead atoms. The van der Waals surface area contributed by atoms with Gasteiger partial charge in [-0.2, -0.15) is 13.2 Å². The SMILES string of the molecule is NC(=O)c1cc(C2CCN(C3CC[C@@](C(=O)NCc4cc(F)cc(C(F)(F)F)c4)(C4CC4)OC3)CC2)ccc1F. The van der Waals surface area contributed by atoms with Crippen molar-refractivity contribution < 1.29 is 36.3 Å². The smallest absolute Gasteiger partial charge is 0.366 e. The van der Waals surface area contributed by atoms with Gasteiger partial charge in [-0.3, -0.25) is 14.5 Å². The van der Waals surface area contributed by atoms with Gasteiger partial charge in [-0.25, -0.2) is 8.78 Å². The summed E-state index contributed by atoms with van der Waals surface area (Å²) in [6.45, 7) is 1.70. The van der Waals surface area contributed by atoms with Crippen LogP contribution in [0.1, 0.15) is 71.5 Å². The minimum absolute atomic E-state index is 0.0345. The Morgan fingerprint density at radius 1 is 1.02 bits per heavy atom. The molecule has 2 atom stereocenters. The molecule has 11 heteroatoms. The Hall–Kier alpha value is -3.05. The molecule has 2 amide bonds. The van der Waals surface area contributed by atoms with E-state index >= 15 is 0 Å². The number of nitrogens with zero attached hydrogens (tertiary/aromatic N) is 1. The predicted octanol–water partition coefficient (Wildman–Crippen LogP) is 4.91. The van der Waals surface area contributed by atoms with E-state index < -0.39 is 34.9 Å². The number of hydrogen-bond donors (Lipinski definition) is 2. The van der Waals surface area contributed by atoms with Gasteiger partial charge in [0.2, 0.25) is 0 Å². The molecular formula is C29H32F5N3O3. The molecule has 40 heavy (non-hydrogen) atoms. The fourth-order valence-corrected chi connectivity index (χ4v) is 6.14. The van der Waals surface area contributed by atoms with Crippen molar-refractivity contribution in [2.45, 2.75) is 68.8 Å². The molecule has 2 aliphatic heterocycles. The summed E-state index contributed by atoms with van der Waals surface area (Å²) < 4.78 is 73.1. The monoisotopic (exact) mass is 565 g/mol. The number of carbonyl (C=O) groups is 2. The first kappa shape index (κ1) is 28.5. The summed E-state index contributed by atoms with van der Waals surface area (Å²) in [7, 11) is 0. The molecule has 2 saturated heterocycles. The van der Waals surface area contributed by atoms with Crippen LogP contribution in [0.25, 0.3) is 0 Å². The molecule has 6 nitrogen and oxygen atoms in total. The van der Waals surface area contributed by atoms with Crippen LogP contribution in [0.3, 0.4) is 0 Å². The van der Waals surface area contributed by atoms with E-state index in [0.717, 1.165) is 62.9 Å². The number of halogens is 5. The van der Waals surface area contributed by atoms with Gasteiger partial charge in [0.05, 0.1) is 17.7 Å². The number of piperidine rings is 1. The van der Waals surface area contributed by atoms with Crippen molar-refractivity contribution in [3.8, 4) is 0 Å². The number of primary amides is 1. The number of ether oxygens (including phenoxy) is 1. The van der Waals surface area contributed by atoms with Crippen LogP contribution in [0.4, 0.5) is 22.0 Å². The van der Waals surface area contributed by atoms with Gasteiger partial charge in [0.25, 0.3) is 11.8 Å². The highest BCUT2D eigenvalue weighted by atomic mass is 19.4. The molecule has 3 N–H and O–H groups in total. The molecule has 2 heterocycles. The van der Waals surface area contributed by atoms with E-state index in [-0.39, 0.29) is 41.5 Å². The van der Waals surface area contributed by atoms with E-state index in [0.29, 0.717) is 19.1 Å². The lowest BCUT2D eigenvalue weighted by Gasteiger charge is -2.45. The topological polar surface area (TPSA) is 84.7 Å². The van der Waals surface area contributed by atoms with E-state index in [1.54, 1.807) is 6.07 Å². The van der Waals surface area contributed by atoms with Gasteiger partial charge in [-0.15, -0.1) is 0 Å². The minimum atomic E-state index is -4.68. The Bertz CT molecular complexity index is 1260. The quantitative estimate of drug-likeness (QED) is 0.468. The van der Waals surface area contributed by atoms with E-state index in [1.165, 1.54) is 12.1 Å². The normalized spacial score (nSPS) is 24.6. The Balaban J connectivity index is 1.17. The second kappa shape index (κ2) is 11.1. The van der Waals surface area contributed by atoms with Crippen molar-refractivity contribution >= 4 is 11.8 Å². The highest BCUT2D eigenvalue weighted by molar-refractivity contribution is 5.93. The second-order valence-electron chi connectivity index (χ2n) is 11.1. The van der Waals surface area contributed by atoms with E-state index in [1.807, 2.05) is 0 Å². The Kier molecular flexibility index (Phi) is 7.89. The number of rotatable bonds is 7. The molecule has 216 valence electrons. The number of benzene rings is 2. The van der Waals surface area contributed by atoms with Crippen molar-refractivity contribution in [1.29, 1.82) is 0 Å². The molecule has 2 aromatic rings. The van der Waals surface area contributed by atoms with Crippen LogP contribution < -0.4 is 11.1 Å². The highest BCUT2D eigenvalue weighted by Crippen LogP contribution is 2.47. The molecule has 0 spiro atoms. The maximum absolute atomic E-state index is 13.9. The zero-order valence-electron chi connectivity index (χ0n) is 21.9. The summed E-state index contributed by atoms with van der Waals surface area (Å²) in [5.74, 6) is -2.57. The molecule has 3 aliphatic rings. The third kappa shape index (κ3) is 6.00. The Morgan fingerprint density at radius 3 is 2.35 bits per heavy atom. The zero-order valence-corrected chi connectivity index (χ0v) is 21.9. The largest absolute Gasteiger partial charge is 0.416 e. The first-order valence-corrected chi connectivity index (χ1v) is 13.6. The van der Waals surface area contributed by atoms with E-state index in [9.17, 15) is 31.5 Å². The van der Waals surface area contributed by atoms with Gasteiger partial charge < -0.3 is 15.8 Å². The van der Waals surface area contributed by atoms with E-state index in [2.05, 4.69) is 10.2 Å². The van der Waals surface area contributed by atoms with Crippen LogP contribution in [0, 0.1) is 17.6 Å². The first-order valence-electron chi connectivity index (χ1n) is 13.6. The van der Waals surface area contributed by atoms with Crippen LogP contribution in [0.5, 0.6) is 0 Å². The number of nitrogens with two attached hydrogens (primary N) is 1. The fraction of sp³-hybridized carbons (Fsp3) is 0.517. The van der Waals surface area contributed by atoms with Crippen LogP contribution in [-0.4, -0.2) is 48.1 Å². The number of carbonyl (C=O) groups excluding carboxylic acids is 2. The van der Waals surface area contributed by atoms with Gasteiger partial charge in [-0.1, -0.05) is 6.07 Å². The molecule has 0 radical (unpaired) electrons. The molecule has 0 aromatic heterocycles. The number of amides is 2. The second-order valence-corrected chi connectivity index (χ2v) is 11.1. The van der Waals surface area contributed by atoms with Gasteiger partial charge in [-0.05, 0) is 105 Å². The lowest BCUT2D eigenvalue weighted by atomic mass is 9.84. The van der Waals surface area contributed by atoms with E-state index in [4.69, 9.17) is 10.5 Å². The molecule has 1 saturated carbocycles. The number of likely N-dealkylation sites (tertiary alicyclic amines) is 1. The Morgan fingerprint density at radius 2 is 1.75 bits per heavy atom. The Labute approximate surface area is 229 Å². The summed E-state index contributed by atoms with van der Waals surface area (Å²) in [6.07, 6.45) is -0.138. The average Bonchev–Trinajstić information content (AvgIpc) is 3.77. The highest BCUT2D eigenvalue weighted by Gasteiger charge is 2.54. The molecule has 1 aliphatic carbocycles. The maximum Gasteiger partial charge on any atom is 0.416 e. The zero-order chi connectivity index (χ0) is 28.7. The summed E-state index contributed by atoms with van der Waals surface area (Å²) in [6, 6.07) is 6.90. The third-order valence-corrected chi connectivity index (χ3v) is 8.51. The van der Waals surface area contributed by atoms with Gasteiger partial charge >= 0.3 is 6.18 Å². The van der Waals surface area contributed by atoms with Gasteiger partial charge in [0.1, 0.15) is 17.2 Å². The maximum atomic E-state index is 13.9. The van der Waals surface area contributed by atoms with Crippen molar-refractivity contribution in [3.63, 3.8) is 0 Å². The summed E-state index contributed by atoms with van der Waals surface area (Å²) in [5.41, 5.74) is 3.98. The van der Waals surface area contributed by atoms with Gasteiger partial charge in [0.15, 0.2) is 0 Å². The van der Waals surface area contributed by atoms with Crippen molar-refractivity contribution in [3.05, 3.63) is 70.3 Å². The van der Waals surface area contributed by atoms with Gasteiger partial charge in [0, 0.05) is 12.6 Å². The van der Waals surface area contributed by atoms with Crippen molar-refractivity contribution in [2.24, 2.45) is 11.7 Å². The molecule has 3 fully saturated rings. The number of hydrogen-bond acceptors (Lipinski definition) is 4. The van der Waals surface area contributed by atoms with Crippen LogP contribution in [-0.2, 0) is 22.3 Å². The van der Waals surface area contributed by atoms with Crippen molar-refractivity contribution in [1.82, 2.24) is 10.2 Å². The first-order chi connectivity index (χ1) is 19.0. The average molecular weight is 566 g/mol. The predicted molar refractivity (Wildman–Crippen MR) is 136 cm³/mol. The lowest BCUT2D eigenvalue weighted by Crippen LogP contribution is -2.57. The third-order valence-electron chi connectivity index (χ3n) is 8.51. The summed E-state index contributed by atoms with van der Waals surface area (Å²) in [4.78, 5) is 27.1. The molecular weight excluding hydrogens is 533 g/mol. The summed E-state index contributed by atoms with van der Waals surface area (Å²) >= 11 is 0. The molecule has 5 rings (SSSR count). The van der Waals surface area contributed by atoms with Crippen LogP contribution in [0.15, 0.2) is 36.4 Å². The molecule has 2 aromatic carbocycles.